The molecule has 0 radical (unpaired) electrons. The lowest BCUT2D eigenvalue weighted by molar-refractivity contribution is 1.10. The maximum atomic E-state index is 8.47. The number of nitriles is 1. The summed E-state index contributed by atoms with van der Waals surface area (Å²) >= 11 is 7.34. The van der Waals surface area contributed by atoms with Gasteiger partial charge in [-0.2, -0.15) is 5.26 Å². The quantitative estimate of drug-likeness (QED) is 0.657. The summed E-state index contributed by atoms with van der Waals surface area (Å²) in [7, 11) is 0. The van der Waals surface area contributed by atoms with Crippen LogP contribution in [0.5, 0.6) is 0 Å². The molecule has 7 heteroatoms. The minimum atomic E-state index is 0.467. The van der Waals surface area contributed by atoms with Crippen molar-refractivity contribution in [3.8, 4) is 6.19 Å². The smallest absolute Gasteiger partial charge is 0.182 e. The van der Waals surface area contributed by atoms with E-state index in [4.69, 9.17) is 16.9 Å². The highest BCUT2D eigenvalue weighted by Gasteiger charge is 2.00. The van der Waals surface area contributed by atoms with Crippen LogP contribution in [-0.2, 0) is 6.54 Å². The average molecular weight is 266 g/mol. The van der Waals surface area contributed by atoms with Crippen LogP contribution in [0.3, 0.4) is 0 Å². The molecule has 2 aromatic rings. The van der Waals surface area contributed by atoms with Crippen molar-refractivity contribution in [2.75, 3.05) is 10.6 Å². The second-order valence-electron chi connectivity index (χ2n) is 3.08. The van der Waals surface area contributed by atoms with Crippen molar-refractivity contribution >= 4 is 34.6 Å². The third kappa shape index (κ3) is 3.31. The van der Waals surface area contributed by atoms with Crippen LogP contribution in [0.15, 0.2) is 24.5 Å². The first-order valence-electron chi connectivity index (χ1n) is 4.73. The lowest BCUT2D eigenvalue weighted by Gasteiger charge is -2.04. The van der Waals surface area contributed by atoms with E-state index in [1.807, 2.05) is 12.1 Å². The number of thiophene rings is 1. The number of hydrogen-bond donors (Lipinski definition) is 2. The van der Waals surface area contributed by atoms with Crippen LogP contribution in [0, 0.1) is 11.5 Å². The monoisotopic (exact) mass is 265 g/mol. The van der Waals surface area contributed by atoms with Gasteiger partial charge in [0.1, 0.15) is 18.0 Å². The Kier molecular flexibility index (Phi) is 3.75. The maximum absolute atomic E-state index is 8.47. The van der Waals surface area contributed by atoms with Gasteiger partial charge in [-0.3, -0.25) is 5.32 Å². The molecule has 0 atom stereocenters. The van der Waals surface area contributed by atoms with Crippen LogP contribution in [-0.4, -0.2) is 9.97 Å². The van der Waals surface area contributed by atoms with E-state index in [-0.39, 0.29) is 0 Å². The molecule has 0 saturated carbocycles. The molecule has 2 rings (SSSR count). The Morgan fingerprint density at radius 1 is 1.35 bits per heavy atom. The van der Waals surface area contributed by atoms with Crippen molar-refractivity contribution < 1.29 is 0 Å². The molecule has 2 heterocycles. The lowest BCUT2D eigenvalue weighted by Crippen LogP contribution is -2.01. The predicted molar refractivity (Wildman–Crippen MR) is 67.9 cm³/mol. The molecule has 0 saturated heterocycles. The molecule has 0 aromatic carbocycles. The summed E-state index contributed by atoms with van der Waals surface area (Å²) in [6.07, 6.45) is 3.20. The fraction of sp³-hybridized carbons (Fsp3) is 0.100. The Morgan fingerprint density at radius 3 is 2.88 bits per heavy atom. The van der Waals surface area contributed by atoms with E-state index in [2.05, 4.69) is 20.6 Å². The molecular formula is C10H8ClN5S. The van der Waals surface area contributed by atoms with Crippen LogP contribution < -0.4 is 10.6 Å². The first kappa shape index (κ1) is 11.6. The largest absolute Gasteiger partial charge is 0.365 e. The van der Waals surface area contributed by atoms with Crippen LogP contribution in [0.1, 0.15) is 4.88 Å². The standard InChI is InChI=1S/C10H8ClN5S/c11-8-2-1-7(17-8)4-13-9-3-10(14-5-12)16-6-15-9/h1-3,6H,4H2,(H2,13,14,15,16). The van der Waals surface area contributed by atoms with Gasteiger partial charge in [-0.1, -0.05) is 11.6 Å². The predicted octanol–water partition coefficient (Wildman–Crippen LogP) is 2.70. The average Bonchev–Trinajstić information content (AvgIpc) is 2.74. The molecule has 0 spiro atoms. The van der Waals surface area contributed by atoms with Crippen LogP contribution in [0.4, 0.5) is 11.6 Å². The van der Waals surface area contributed by atoms with Gasteiger partial charge < -0.3 is 5.32 Å². The molecule has 0 aliphatic rings. The Labute approximate surface area is 107 Å². The zero-order valence-corrected chi connectivity index (χ0v) is 10.2. The molecule has 2 aromatic heterocycles. The van der Waals surface area contributed by atoms with Crippen molar-refractivity contribution in [3.63, 3.8) is 0 Å². The van der Waals surface area contributed by atoms with Gasteiger partial charge in [-0.15, -0.1) is 11.3 Å². The first-order valence-corrected chi connectivity index (χ1v) is 5.92. The van der Waals surface area contributed by atoms with Crippen LogP contribution in [0.25, 0.3) is 0 Å². The zero-order valence-electron chi connectivity index (χ0n) is 8.64. The highest BCUT2D eigenvalue weighted by molar-refractivity contribution is 7.16. The van der Waals surface area contributed by atoms with Gasteiger partial charge >= 0.3 is 0 Å². The highest BCUT2D eigenvalue weighted by atomic mass is 35.5. The summed E-state index contributed by atoms with van der Waals surface area (Å²) in [4.78, 5) is 9.04. The van der Waals surface area contributed by atoms with Gasteiger partial charge in [0, 0.05) is 10.9 Å². The van der Waals surface area contributed by atoms with Crippen LogP contribution in [0.2, 0.25) is 4.34 Å². The van der Waals surface area contributed by atoms with Crippen molar-refractivity contribution in [1.29, 1.82) is 5.26 Å². The van der Waals surface area contributed by atoms with Crippen molar-refractivity contribution in [1.82, 2.24) is 9.97 Å². The van der Waals surface area contributed by atoms with Crippen LogP contribution >= 0.6 is 22.9 Å². The van der Waals surface area contributed by atoms with E-state index in [9.17, 15) is 0 Å². The van der Waals surface area contributed by atoms with Gasteiger partial charge in [0.25, 0.3) is 0 Å². The number of halogens is 1. The minimum Gasteiger partial charge on any atom is -0.365 e. The summed E-state index contributed by atoms with van der Waals surface area (Å²) in [5.41, 5.74) is 0. The van der Waals surface area contributed by atoms with Gasteiger partial charge in [0.15, 0.2) is 6.19 Å². The Hall–Kier alpha value is -1.84. The summed E-state index contributed by atoms with van der Waals surface area (Å²) in [6.45, 7) is 0.639. The number of nitrogens with zero attached hydrogens (tertiary/aromatic N) is 3. The fourth-order valence-electron chi connectivity index (χ4n) is 1.20. The topological polar surface area (TPSA) is 73.6 Å². The van der Waals surface area contributed by atoms with Crippen molar-refractivity contribution in [2.24, 2.45) is 0 Å². The second kappa shape index (κ2) is 5.48. The molecule has 0 amide bonds. The van der Waals surface area contributed by atoms with Crippen molar-refractivity contribution in [3.05, 3.63) is 33.7 Å². The maximum Gasteiger partial charge on any atom is 0.182 e. The fourth-order valence-corrected chi connectivity index (χ4v) is 2.23. The van der Waals surface area contributed by atoms with Gasteiger partial charge in [0.05, 0.1) is 10.9 Å². The molecule has 86 valence electrons. The van der Waals surface area contributed by atoms with Crippen molar-refractivity contribution in [2.45, 2.75) is 6.54 Å². The molecule has 0 bridgehead atoms. The number of hydrogen-bond acceptors (Lipinski definition) is 6. The molecule has 5 nitrogen and oxygen atoms in total. The van der Waals surface area contributed by atoms with E-state index in [0.717, 1.165) is 9.21 Å². The molecule has 0 aliphatic carbocycles. The number of nitrogens with one attached hydrogen (secondary N) is 2. The number of rotatable bonds is 4. The number of aromatic nitrogens is 2. The summed E-state index contributed by atoms with van der Waals surface area (Å²) in [6, 6.07) is 5.47. The molecule has 17 heavy (non-hydrogen) atoms. The summed E-state index contributed by atoms with van der Waals surface area (Å²) < 4.78 is 0.760. The molecule has 0 aliphatic heterocycles. The SMILES string of the molecule is N#CNc1cc(NCc2ccc(Cl)s2)ncn1. The minimum absolute atomic E-state index is 0.467. The van der Waals surface area contributed by atoms with E-state index in [0.29, 0.717) is 18.2 Å². The molecular weight excluding hydrogens is 258 g/mol. The Balaban J connectivity index is 1.99. The number of anilines is 2. The Morgan fingerprint density at radius 2 is 2.18 bits per heavy atom. The molecule has 2 N–H and O–H groups in total. The third-order valence-corrected chi connectivity index (χ3v) is 3.15. The first-order chi connectivity index (χ1) is 8.28. The second-order valence-corrected chi connectivity index (χ2v) is 4.88. The van der Waals surface area contributed by atoms with E-state index >= 15 is 0 Å². The summed E-state index contributed by atoms with van der Waals surface area (Å²) in [5.74, 6) is 1.12. The third-order valence-electron chi connectivity index (χ3n) is 1.92. The van der Waals surface area contributed by atoms with E-state index in [1.54, 1.807) is 12.3 Å². The molecule has 0 fully saturated rings. The normalized spacial score (nSPS) is 9.65. The zero-order chi connectivity index (χ0) is 12.1. The Bertz CT molecular complexity index is 548. The van der Waals surface area contributed by atoms with E-state index < -0.39 is 0 Å². The van der Waals surface area contributed by atoms with Gasteiger partial charge in [-0.05, 0) is 12.1 Å². The molecule has 0 unspecified atom stereocenters. The summed E-state index contributed by atoms with van der Waals surface area (Å²) in [5, 5.41) is 14.0. The van der Waals surface area contributed by atoms with E-state index in [1.165, 1.54) is 17.7 Å². The van der Waals surface area contributed by atoms with Gasteiger partial charge in [-0.25, -0.2) is 9.97 Å². The lowest BCUT2D eigenvalue weighted by atomic mass is 10.4. The van der Waals surface area contributed by atoms with Gasteiger partial charge in [0.2, 0.25) is 0 Å². The highest BCUT2D eigenvalue weighted by Crippen LogP contribution is 2.22.